The van der Waals surface area contributed by atoms with E-state index < -0.39 is 0 Å². The molecule has 0 amide bonds. The van der Waals surface area contributed by atoms with Crippen LogP contribution >= 0.6 is 0 Å². The number of rotatable bonds is 1. The summed E-state index contributed by atoms with van der Waals surface area (Å²) in [6, 6.07) is 7.52. The first-order chi connectivity index (χ1) is 8.99. The van der Waals surface area contributed by atoms with Crippen molar-refractivity contribution in [3.63, 3.8) is 0 Å². The third-order valence-corrected chi connectivity index (χ3v) is 2.55. The summed E-state index contributed by atoms with van der Waals surface area (Å²) in [6.07, 6.45) is 0. The smallest absolute Gasteiger partial charge is 0.223 e. The van der Waals surface area contributed by atoms with Crippen molar-refractivity contribution < 1.29 is 11.0 Å². The molecular formula is C12H19N7O2. The number of hydrogen-bond donors (Lipinski definition) is 4. The zero-order chi connectivity index (χ0) is 14.0. The summed E-state index contributed by atoms with van der Waals surface area (Å²) >= 11 is 0. The van der Waals surface area contributed by atoms with Crippen molar-refractivity contribution in [2.24, 2.45) is 27.2 Å². The fourth-order valence-corrected chi connectivity index (χ4v) is 1.77. The molecule has 0 fully saturated rings. The maximum atomic E-state index is 6.09. The molecule has 2 aromatic rings. The Morgan fingerprint density at radius 3 is 2.33 bits per heavy atom. The highest BCUT2D eigenvalue weighted by Crippen LogP contribution is 2.32. The van der Waals surface area contributed by atoms with Crippen LogP contribution in [0, 0.1) is 6.92 Å². The highest BCUT2D eigenvalue weighted by atomic mass is 16.0. The molecule has 9 nitrogen and oxygen atoms in total. The van der Waals surface area contributed by atoms with Crippen LogP contribution in [0.2, 0.25) is 0 Å². The fraction of sp³-hybridized carbons (Fsp3) is 0.0833. The van der Waals surface area contributed by atoms with Crippen LogP contribution in [0.15, 0.2) is 34.3 Å². The van der Waals surface area contributed by atoms with Gasteiger partial charge in [0.05, 0.1) is 16.9 Å². The summed E-state index contributed by atoms with van der Waals surface area (Å²) in [5.41, 5.74) is 24.6. The number of nitrogens with two attached hydrogens (primary N) is 4. The molecule has 12 N–H and O–H groups in total. The normalized spacial score (nSPS) is 10.4. The molecule has 114 valence electrons. The summed E-state index contributed by atoms with van der Waals surface area (Å²) in [5.74, 6) is -0.224. The van der Waals surface area contributed by atoms with Gasteiger partial charge in [0.15, 0.2) is 5.96 Å². The SMILES string of the molecule is Cc1nc2ccccc2c(N)c1N=C(N)N=C(N)N.O.O. The average Bonchev–Trinajstić information content (AvgIpc) is 2.33. The maximum absolute atomic E-state index is 6.09. The quantitative estimate of drug-likeness (QED) is 0.372. The Morgan fingerprint density at radius 1 is 1.10 bits per heavy atom. The summed E-state index contributed by atoms with van der Waals surface area (Å²) in [5, 5.41) is 0.810. The van der Waals surface area contributed by atoms with E-state index in [4.69, 9.17) is 22.9 Å². The number of guanidine groups is 2. The summed E-state index contributed by atoms with van der Waals surface area (Å²) in [6.45, 7) is 1.80. The second kappa shape index (κ2) is 7.03. The average molecular weight is 293 g/mol. The molecular weight excluding hydrogens is 274 g/mol. The molecule has 1 heterocycles. The molecule has 2 rings (SSSR count). The maximum Gasteiger partial charge on any atom is 0.223 e. The Labute approximate surface area is 121 Å². The number of aromatic nitrogens is 1. The minimum absolute atomic E-state index is 0. The third-order valence-electron chi connectivity index (χ3n) is 2.55. The van der Waals surface area contributed by atoms with Crippen LogP contribution in [-0.4, -0.2) is 27.9 Å². The van der Waals surface area contributed by atoms with Crippen molar-refractivity contribution in [3.05, 3.63) is 30.0 Å². The van der Waals surface area contributed by atoms with Gasteiger partial charge >= 0.3 is 0 Å². The first-order valence-electron chi connectivity index (χ1n) is 5.57. The molecule has 21 heavy (non-hydrogen) atoms. The molecule has 0 aliphatic heterocycles. The molecule has 0 bridgehead atoms. The van der Waals surface area contributed by atoms with Crippen molar-refractivity contribution >= 4 is 34.2 Å². The van der Waals surface area contributed by atoms with Gasteiger partial charge in [-0.05, 0) is 13.0 Å². The number of para-hydroxylation sites is 1. The number of nitrogen functional groups attached to an aromatic ring is 1. The van der Waals surface area contributed by atoms with Gasteiger partial charge in [0.25, 0.3) is 0 Å². The van der Waals surface area contributed by atoms with E-state index >= 15 is 0 Å². The lowest BCUT2D eigenvalue weighted by Gasteiger charge is -2.08. The second-order valence-corrected chi connectivity index (χ2v) is 3.98. The molecule has 0 spiro atoms. The van der Waals surface area contributed by atoms with Gasteiger partial charge in [-0.2, -0.15) is 4.99 Å². The van der Waals surface area contributed by atoms with Gasteiger partial charge in [-0.25, -0.2) is 4.99 Å². The minimum atomic E-state index is -0.161. The fourth-order valence-electron chi connectivity index (χ4n) is 1.77. The van der Waals surface area contributed by atoms with Crippen LogP contribution in [0.5, 0.6) is 0 Å². The van der Waals surface area contributed by atoms with Crippen molar-refractivity contribution in [2.75, 3.05) is 5.73 Å². The number of anilines is 1. The number of nitrogens with zero attached hydrogens (tertiary/aromatic N) is 3. The zero-order valence-electron chi connectivity index (χ0n) is 11.5. The lowest BCUT2D eigenvalue weighted by molar-refractivity contribution is 0.823. The highest BCUT2D eigenvalue weighted by Gasteiger charge is 2.09. The number of hydrogen-bond acceptors (Lipinski definition) is 3. The molecule has 0 aliphatic rings. The van der Waals surface area contributed by atoms with Gasteiger partial charge in [-0.15, -0.1) is 0 Å². The van der Waals surface area contributed by atoms with E-state index in [9.17, 15) is 0 Å². The van der Waals surface area contributed by atoms with Gasteiger partial charge in [0, 0.05) is 5.39 Å². The van der Waals surface area contributed by atoms with Crippen molar-refractivity contribution in [1.82, 2.24) is 4.98 Å². The predicted molar refractivity (Wildman–Crippen MR) is 85.2 cm³/mol. The molecule has 9 heteroatoms. The first kappa shape index (κ1) is 18.1. The first-order valence-corrected chi connectivity index (χ1v) is 5.57. The molecule has 0 atom stereocenters. The molecule has 0 aliphatic carbocycles. The van der Waals surface area contributed by atoms with Gasteiger partial charge < -0.3 is 33.9 Å². The van der Waals surface area contributed by atoms with E-state index in [1.54, 1.807) is 6.92 Å². The number of aliphatic imine (C=N–C) groups is 2. The van der Waals surface area contributed by atoms with Crippen molar-refractivity contribution in [1.29, 1.82) is 0 Å². The number of pyridine rings is 1. The molecule has 1 aromatic carbocycles. The van der Waals surface area contributed by atoms with E-state index in [1.807, 2.05) is 24.3 Å². The third kappa shape index (κ3) is 3.78. The topological polar surface area (TPSA) is 205 Å². The van der Waals surface area contributed by atoms with E-state index in [1.165, 1.54) is 0 Å². The lowest BCUT2D eigenvalue weighted by Crippen LogP contribution is -2.26. The minimum Gasteiger partial charge on any atom is -0.412 e. The van der Waals surface area contributed by atoms with Crippen molar-refractivity contribution in [2.45, 2.75) is 6.92 Å². The van der Waals surface area contributed by atoms with Crippen molar-refractivity contribution in [3.8, 4) is 0 Å². The monoisotopic (exact) mass is 293 g/mol. The Kier molecular flexibility index (Phi) is 6.05. The zero-order valence-corrected chi connectivity index (χ0v) is 11.5. The van der Waals surface area contributed by atoms with E-state index in [-0.39, 0.29) is 22.9 Å². The Hall–Kier alpha value is -2.91. The van der Waals surface area contributed by atoms with Crippen LogP contribution in [-0.2, 0) is 0 Å². The van der Waals surface area contributed by atoms with E-state index in [0.717, 1.165) is 10.9 Å². The summed E-state index contributed by atoms with van der Waals surface area (Å²) < 4.78 is 0. The van der Waals surface area contributed by atoms with Crippen LogP contribution < -0.4 is 22.9 Å². The predicted octanol–water partition coefficient (Wildman–Crippen LogP) is -1.30. The van der Waals surface area contributed by atoms with Crippen LogP contribution in [0.1, 0.15) is 5.69 Å². The largest absolute Gasteiger partial charge is 0.412 e. The molecule has 0 saturated heterocycles. The Bertz CT molecular complexity index is 693. The van der Waals surface area contributed by atoms with Gasteiger partial charge in [0.2, 0.25) is 5.96 Å². The standard InChI is InChI=1S/C12H15N7.2H2O/c1-6-10(18-12(16)19-11(14)15)9(13)7-4-2-3-5-8(7)17-6;;/h2-5H,1H3,(H2,13,17)(H6,14,15,16,18,19);2*1H2. The number of benzene rings is 1. The van der Waals surface area contributed by atoms with E-state index in [0.29, 0.717) is 17.1 Å². The van der Waals surface area contributed by atoms with E-state index in [2.05, 4.69) is 15.0 Å². The number of aryl methyl sites for hydroxylation is 1. The van der Waals surface area contributed by atoms with Crippen LogP contribution in [0.25, 0.3) is 10.9 Å². The Morgan fingerprint density at radius 2 is 1.71 bits per heavy atom. The van der Waals surface area contributed by atoms with Gasteiger partial charge in [-0.1, -0.05) is 18.2 Å². The van der Waals surface area contributed by atoms with Crippen LogP contribution in [0.3, 0.4) is 0 Å². The molecule has 0 unspecified atom stereocenters. The summed E-state index contributed by atoms with van der Waals surface area (Å²) in [4.78, 5) is 12.2. The molecule has 0 radical (unpaired) electrons. The lowest BCUT2D eigenvalue weighted by atomic mass is 10.1. The number of fused-ring (bicyclic) bond motifs is 1. The molecule has 1 aromatic heterocycles. The van der Waals surface area contributed by atoms with Gasteiger partial charge in [0.1, 0.15) is 5.69 Å². The Balaban J connectivity index is 0.00000200. The van der Waals surface area contributed by atoms with Gasteiger partial charge in [-0.3, -0.25) is 4.98 Å². The summed E-state index contributed by atoms with van der Waals surface area (Å²) in [7, 11) is 0. The van der Waals surface area contributed by atoms with Crippen LogP contribution in [0.4, 0.5) is 11.4 Å². The second-order valence-electron chi connectivity index (χ2n) is 3.98. The molecule has 0 saturated carbocycles. The highest BCUT2D eigenvalue weighted by molar-refractivity contribution is 5.99.